The first-order valence-corrected chi connectivity index (χ1v) is 6.73. The van der Waals surface area contributed by atoms with Crippen molar-refractivity contribution in [3.8, 4) is 0 Å². The zero-order valence-corrected chi connectivity index (χ0v) is 11.3. The van der Waals surface area contributed by atoms with Gasteiger partial charge in [-0.25, -0.2) is 0 Å². The summed E-state index contributed by atoms with van der Waals surface area (Å²) in [5, 5.41) is 10.6. The minimum Gasteiger partial charge on any atom is -0.390 e. The number of rotatable bonds is 0. The van der Waals surface area contributed by atoms with E-state index in [2.05, 4.69) is 27.7 Å². The van der Waals surface area contributed by atoms with Crippen LogP contribution in [0, 0.1) is 11.3 Å². The fourth-order valence-electron chi connectivity index (χ4n) is 3.95. The van der Waals surface area contributed by atoms with Crippen molar-refractivity contribution in [2.75, 3.05) is 0 Å². The lowest BCUT2D eigenvalue weighted by atomic mass is 9.54. The smallest absolute Gasteiger partial charge is 0.0656 e. The summed E-state index contributed by atoms with van der Waals surface area (Å²) in [4.78, 5) is 0. The highest BCUT2D eigenvalue weighted by atomic mass is 16.3. The van der Waals surface area contributed by atoms with E-state index in [9.17, 15) is 5.11 Å². The first-order valence-electron chi connectivity index (χ1n) is 6.73. The molecule has 0 aromatic heterocycles. The first kappa shape index (κ1) is 12.2. The van der Waals surface area contributed by atoms with E-state index in [0.29, 0.717) is 11.3 Å². The molecule has 0 heterocycles. The summed E-state index contributed by atoms with van der Waals surface area (Å²) >= 11 is 0. The van der Waals surface area contributed by atoms with Crippen LogP contribution in [0.25, 0.3) is 0 Å². The summed E-state index contributed by atoms with van der Waals surface area (Å²) in [6.07, 6.45) is 7.16. The van der Waals surface area contributed by atoms with Gasteiger partial charge in [0.25, 0.3) is 0 Å². The molecule has 0 amide bonds. The van der Waals surface area contributed by atoms with Crippen LogP contribution >= 0.6 is 0 Å². The van der Waals surface area contributed by atoms with Gasteiger partial charge >= 0.3 is 0 Å². The Hall–Kier alpha value is -0.300. The molecule has 0 aromatic rings. The van der Waals surface area contributed by atoms with Gasteiger partial charge in [-0.15, -0.1) is 0 Å². The Kier molecular flexibility index (Phi) is 2.94. The average Bonchev–Trinajstić information content (AvgIpc) is 2.15. The average molecular weight is 222 g/mol. The molecule has 0 bridgehead atoms. The third-order valence-electron chi connectivity index (χ3n) is 5.18. The number of allylic oxidation sites excluding steroid dienone is 2. The van der Waals surface area contributed by atoms with Gasteiger partial charge in [0.2, 0.25) is 0 Å². The Bertz CT molecular complexity index is 309. The molecule has 1 unspecified atom stereocenters. The molecule has 3 atom stereocenters. The molecule has 2 saturated carbocycles. The predicted molar refractivity (Wildman–Crippen MR) is 68.3 cm³/mol. The van der Waals surface area contributed by atoms with Crippen LogP contribution in [0.3, 0.4) is 0 Å². The molecular weight excluding hydrogens is 196 g/mol. The maximum absolute atomic E-state index is 10.6. The summed E-state index contributed by atoms with van der Waals surface area (Å²) in [6.45, 7) is 8.89. The van der Waals surface area contributed by atoms with Crippen LogP contribution in [0.1, 0.15) is 66.2 Å². The van der Waals surface area contributed by atoms with Crippen molar-refractivity contribution in [3.63, 3.8) is 0 Å². The van der Waals surface area contributed by atoms with Gasteiger partial charge in [-0.05, 0) is 64.2 Å². The molecule has 2 rings (SSSR count). The highest BCUT2D eigenvalue weighted by Crippen LogP contribution is 2.55. The monoisotopic (exact) mass is 222 g/mol. The van der Waals surface area contributed by atoms with Crippen molar-refractivity contribution in [1.82, 2.24) is 0 Å². The Morgan fingerprint density at radius 1 is 1.19 bits per heavy atom. The maximum Gasteiger partial charge on any atom is 0.0656 e. The van der Waals surface area contributed by atoms with E-state index in [1.54, 1.807) is 5.57 Å². The van der Waals surface area contributed by atoms with E-state index in [1.807, 2.05) is 0 Å². The van der Waals surface area contributed by atoms with Crippen molar-refractivity contribution < 1.29 is 5.11 Å². The molecule has 2 fully saturated rings. The third-order valence-corrected chi connectivity index (χ3v) is 5.18. The van der Waals surface area contributed by atoms with Crippen molar-refractivity contribution in [1.29, 1.82) is 0 Å². The van der Waals surface area contributed by atoms with Crippen LogP contribution in [0.2, 0.25) is 0 Å². The fourth-order valence-corrected chi connectivity index (χ4v) is 3.95. The molecule has 0 spiro atoms. The second-order valence-electron chi connectivity index (χ2n) is 6.73. The molecule has 0 radical (unpaired) electrons. The van der Waals surface area contributed by atoms with Gasteiger partial charge in [0.05, 0.1) is 5.60 Å². The molecular formula is C15H26O. The fraction of sp³-hybridized carbons (Fsp3) is 0.867. The van der Waals surface area contributed by atoms with Gasteiger partial charge in [-0.2, -0.15) is 0 Å². The van der Waals surface area contributed by atoms with Gasteiger partial charge < -0.3 is 5.11 Å². The lowest BCUT2D eigenvalue weighted by Gasteiger charge is -2.53. The standard InChI is InChI=1S/C15H26O/c1-11(2)12-6-9-14(3)7-5-8-15(4,16)13(14)10-12/h13,16H,5-10H2,1-4H3/t13?,14-,15-/m0/s1. The van der Waals surface area contributed by atoms with Crippen LogP contribution in [0.5, 0.6) is 0 Å². The van der Waals surface area contributed by atoms with E-state index in [4.69, 9.17) is 0 Å². The predicted octanol–water partition coefficient (Wildman–Crippen LogP) is 4.06. The highest BCUT2D eigenvalue weighted by molar-refractivity contribution is 5.18. The lowest BCUT2D eigenvalue weighted by molar-refractivity contribution is -0.105. The van der Waals surface area contributed by atoms with Crippen LogP contribution in [0.4, 0.5) is 0 Å². The van der Waals surface area contributed by atoms with E-state index in [1.165, 1.54) is 31.3 Å². The summed E-state index contributed by atoms with van der Waals surface area (Å²) in [5.74, 6) is 0.479. The van der Waals surface area contributed by atoms with Gasteiger partial charge in [-0.1, -0.05) is 24.5 Å². The molecule has 2 aliphatic carbocycles. The van der Waals surface area contributed by atoms with E-state index < -0.39 is 5.60 Å². The van der Waals surface area contributed by atoms with Crippen LogP contribution < -0.4 is 0 Å². The van der Waals surface area contributed by atoms with E-state index in [-0.39, 0.29) is 0 Å². The minimum absolute atomic E-state index is 0.390. The minimum atomic E-state index is -0.436. The lowest BCUT2D eigenvalue weighted by Crippen LogP contribution is -2.50. The van der Waals surface area contributed by atoms with Gasteiger partial charge in [0.1, 0.15) is 0 Å². The molecule has 0 aromatic carbocycles. The molecule has 16 heavy (non-hydrogen) atoms. The molecule has 0 saturated heterocycles. The van der Waals surface area contributed by atoms with Gasteiger partial charge in [-0.3, -0.25) is 0 Å². The zero-order valence-electron chi connectivity index (χ0n) is 11.3. The molecule has 1 heteroatoms. The normalized spacial score (nSPS) is 44.1. The van der Waals surface area contributed by atoms with Crippen LogP contribution in [-0.2, 0) is 0 Å². The summed E-state index contributed by atoms with van der Waals surface area (Å²) in [5.41, 5.74) is 3.03. The van der Waals surface area contributed by atoms with Gasteiger partial charge in [0.15, 0.2) is 0 Å². The van der Waals surface area contributed by atoms with Crippen molar-refractivity contribution in [2.24, 2.45) is 11.3 Å². The molecule has 92 valence electrons. The van der Waals surface area contributed by atoms with Crippen molar-refractivity contribution >= 4 is 0 Å². The second kappa shape index (κ2) is 3.87. The SMILES string of the molecule is CC(C)=C1CC[C@]2(C)CCC[C@](C)(O)C2C1. The number of hydrogen-bond acceptors (Lipinski definition) is 1. The third kappa shape index (κ3) is 1.95. The number of hydrogen-bond donors (Lipinski definition) is 1. The van der Waals surface area contributed by atoms with Crippen LogP contribution in [0.15, 0.2) is 11.1 Å². The van der Waals surface area contributed by atoms with Crippen molar-refractivity contribution in [3.05, 3.63) is 11.1 Å². The number of fused-ring (bicyclic) bond motifs is 1. The zero-order chi connectivity index (χ0) is 12.0. The Morgan fingerprint density at radius 2 is 1.88 bits per heavy atom. The molecule has 1 N–H and O–H groups in total. The van der Waals surface area contributed by atoms with Gasteiger partial charge in [0, 0.05) is 0 Å². The largest absolute Gasteiger partial charge is 0.390 e. The first-order chi connectivity index (χ1) is 7.35. The number of aliphatic hydroxyl groups is 1. The molecule has 2 aliphatic rings. The topological polar surface area (TPSA) is 20.2 Å². The van der Waals surface area contributed by atoms with Crippen LogP contribution in [-0.4, -0.2) is 10.7 Å². The van der Waals surface area contributed by atoms with E-state index in [0.717, 1.165) is 12.8 Å². The Morgan fingerprint density at radius 3 is 2.50 bits per heavy atom. The Balaban J connectivity index is 2.28. The summed E-state index contributed by atoms with van der Waals surface area (Å²) < 4.78 is 0. The second-order valence-corrected chi connectivity index (χ2v) is 6.73. The quantitative estimate of drug-likeness (QED) is 0.613. The van der Waals surface area contributed by atoms with Crippen molar-refractivity contribution in [2.45, 2.75) is 71.8 Å². The summed E-state index contributed by atoms with van der Waals surface area (Å²) in [7, 11) is 0. The van der Waals surface area contributed by atoms with E-state index >= 15 is 0 Å². The molecule has 1 nitrogen and oxygen atoms in total. The maximum atomic E-state index is 10.6. The molecule has 0 aliphatic heterocycles. The summed E-state index contributed by atoms with van der Waals surface area (Å²) in [6, 6.07) is 0. The highest BCUT2D eigenvalue weighted by Gasteiger charge is 2.49. The Labute approximate surface area is 99.9 Å².